The van der Waals surface area contributed by atoms with Crippen molar-refractivity contribution in [3.63, 3.8) is 0 Å². The van der Waals surface area contributed by atoms with Gasteiger partial charge in [0.2, 0.25) is 5.78 Å². The van der Waals surface area contributed by atoms with Gasteiger partial charge < -0.3 is 5.32 Å². The SMILES string of the molecule is CNc1c(C(=O)C=O)ccc(Br)c1F. The lowest BCUT2D eigenvalue weighted by Crippen LogP contribution is -2.07. The second-order valence-electron chi connectivity index (χ2n) is 2.52. The third kappa shape index (κ3) is 1.82. The molecule has 0 fully saturated rings. The van der Waals surface area contributed by atoms with Gasteiger partial charge in [0.05, 0.1) is 15.7 Å². The smallest absolute Gasteiger partial charge is 0.227 e. The zero-order valence-electron chi connectivity index (χ0n) is 7.30. The standard InChI is InChI=1S/C9H7BrFNO2/c1-12-9-5(7(14)4-13)2-3-6(10)8(9)11/h2-4,12H,1H3. The van der Waals surface area contributed by atoms with Crippen molar-refractivity contribution in [2.24, 2.45) is 0 Å². The van der Waals surface area contributed by atoms with Gasteiger partial charge in [-0.3, -0.25) is 9.59 Å². The molecule has 1 aromatic rings. The molecule has 0 radical (unpaired) electrons. The molecule has 0 saturated carbocycles. The van der Waals surface area contributed by atoms with Crippen LogP contribution in [0.1, 0.15) is 10.4 Å². The Hall–Kier alpha value is -1.23. The Labute approximate surface area is 88.4 Å². The molecule has 74 valence electrons. The third-order valence-electron chi connectivity index (χ3n) is 1.72. The van der Waals surface area contributed by atoms with Gasteiger partial charge in [-0.05, 0) is 28.1 Å². The number of ketones is 1. The van der Waals surface area contributed by atoms with E-state index >= 15 is 0 Å². The van der Waals surface area contributed by atoms with Crippen molar-refractivity contribution in [3.05, 3.63) is 28.0 Å². The van der Waals surface area contributed by atoms with E-state index in [1.807, 2.05) is 0 Å². The van der Waals surface area contributed by atoms with E-state index in [1.165, 1.54) is 19.2 Å². The second kappa shape index (κ2) is 4.32. The zero-order chi connectivity index (χ0) is 10.7. The molecule has 0 saturated heterocycles. The molecule has 5 heteroatoms. The summed E-state index contributed by atoms with van der Waals surface area (Å²) in [4.78, 5) is 21.3. The van der Waals surface area contributed by atoms with Crippen LogP contribution < -0.4 is 5.32 Å². The Kier molecular flexibility index (Phi) is 3.35. The van der Waals surface area contributed by atoms with Crippen LogP contribution in [-0.4, -0.2) is 19.1 Å². The van der Waals surface area contributed by atoms with E-state index in [-0.39, 0.29) is 22.0 Å². The highest BCUT2D eigenvalue weighted by atomic mass is 79.9. The molecule has 14 heavy (non-hydrogen) atoms. The molecular formula is C9H7BrFNO2. The molecule has 0 atom stereocenters. The number of aldehydes is 1. The first-order chi connectivity index (χ1) is 6.61. The molecule has 0 heterocycles. The van der Waals surface area contributed by atoms with Crippen LogP contribution >= 0.6 is 15.9 Å². The van der Waals surface area contributed by atoms with E-state index in [4.69, 9.17) is 0 Å². The Bertz CT molecular complexity index is 393. The summed E-state index contributed by atoms with van der Waals surface area (Å²) in [5, 5.41) is 2.54. The Morgan fingerprint density at radius 3 is 2.71 bits per heavy atom. The van der Waals surface area contributed by atoms with E-state index in [0.717, 1.165) is 0 Å². The van der Waals surface area contributed by atoms with Crippen molar-refractivity contribution < 1.29 is 14.0 Å². The van der Waals surface area contributed by atoms with Gasteiger partial charge in [-0.1, -0.05) is 0 Å². The van der Waals surface area contributed by atoms with Crippen LogP contribution in [0.4, 0.5) is 10.1 Å². The zero-order valence-corrected chi connectivity index (χ0v) is 8.89. The first-order valence-corrected chi connectivity index (χ1v) is 4.56. The van der Waals surface area contributed by atoms with Crippen molar-refractivity contribution in [2.75, 3.05) is 12.4 Å². The van der Waals surface area contributed by atoms with Gasteiger partial charge in [0.25, 0.3) is 0 Å². The number of carbonyl (C=O) groups excluding carboxylic acids is 2. The van der Waals surface area contributed by atoms with Crippen LogP contribution in [0.5, 0.6) is 0 Å². The lowest BCUT2D eigenvalue weighted by atomic mass is 10.1. The van der Waals surface area contributed by atoms with Crippen LogP contribution in [-0.2, 0) is 4.79 Å². The number of carbonyl (C=O) groups is 2. The lowest BCUT2D eigenvalue weighted by Gasteiger charge is -2.07. The number of nitrogens with one attached hydrogen (secondary N) is 1. The number of Topliss-reactive ketones (excluding diaryl/α,β-unsaturated/α-hetero) is 1. The normalized spacial score (nSPS) is 9.64. The lowest BCUT2D eigenvalue weighted by molar-refractivity contribution is -0.104. The minimum absolute atomic E-state index is 0.0245. The predicted molar refractivity (Wildman–Crippen MR) is 54.0 cm³/mol. The van der Waals surface area contributed by atoms with Crippen molar-refractivity contribution >= 4 is 33.7 Å². The average Bonchev–Trinajstić information content (AvgIpc) is 2.20. The van der Waals surface area contributed by atoms with Gasteiger partial charge in [0.1, 0.15) is 0 Å². The van der Waals surface area contributed by atoms with Crippen LogP contribution in [0.2, 0.25) is 0 Å². The summed E-state index contributed by atoms with van der Waals surface area (Å²) in [5.74, 6) is -1.33. The van der Waals surface area contributed by atoms with Gasteiger partial charge >= 0.3 is 0 Å². The fourth-order valence-electron chi connectivity index (χ4n) is 1.06. The molecule has 1 aromatic carbocycles. The third-order valence-corrected chi connectivity index (χ3v) is 2.33. The van der Waals surface area contributed by atoms with Gasteiger partial charge in [-0.2, -0.15) is 0 Å². The Balaban J connectivity index is 3.38. The number of benzene rings is 1. The minimum atomic E-state index is -0.749. The molecule has 0 unspecified atom stereocenters. The number of rotatable bonds is 3. The van der Waals surface area contributed by atoms with E-state index in [2.05, 4.69) is 21.2 Å². The molecule has 0 aliphatic carbocycles. The summed E-state index contributed by atoms with van der Waals surface area (Å²) in [6.45, 7) is 0. The molecule has 1 rings (SSSR count). The second-order valence-corrected chi connectivity index (χ2v) is 3.37. The molecule has 0 bridgehead atoms. The molecular weight excluding hydrogens is 253 g/mol. The molecule has 1 N–H and O–H groups in total. The largest absolute Gasteiger partial charge is 0.385 e. The molecule has 0 amide bonds. The van der Waals surface area contributed by atoms with E-state index in [0.29, 0.717) is 0 Å². The van der Waals surface area contributed by atoms with E-state index in [9.17, 15) is 14.0 Å². The number of halogens is 2. The van der Waals surface area contributed by atoms with Crippen molar-refractivity contribution in [3.8, 4) is 0 Å². The number of hydrogen-bond acceptors (Lipinski definition) is 3. The maximum Gasteiger partial charge on any atom is 0.227 e. The number of anilines is 1. The fourth-order valence-corrected chi connectivity index (χ4v) is 1.39. The maximum absolute atomic E-state index is 13.4. The highest BCUT2D eigenvalue weighted by Gasteiger charge is 2.15. The van der Waals surface area contributed by atoms with Crippen LogP contribution in [0, 0.1) is 5.82 Å². The van der Waals surface area contributed by atoms with Crippen LogP contribution in [0.15, 0.2) is 16.6 Å². The van der Waals surface area contributed by atoms with Crippen molar-refractivity contribution in [2.45, 2.75) is 0 Å². The molecule has 0 spiro atoms. The monoisotopic (exact) mass is 259 g/mol. The first-order valence-electron chi connectivity index (χ1n) is 3.77. The Morgan fingerprint density at radius 2 is 2.21 bits per heavy atom. The van der Waals surface area contributed by atoms with Crippen molar-refractivity contribution in [1.29, 1.82) is 0 Å². The number of hydrogen-bond donors (Lipinski definition) is 1. The Morgan fingerprint density at radius 1 is 1.57 bits per heavy atom. The van der Waals surface area contributed by atoms with Gasteiger partial charge in [0, 0.05) is 7.05 Å². The van der Waals surface area contributed by atoms with Gasteiger partial charge in [-0.25, -0.2) is 4.39 Å². The average molecular weight is 260 g/mol. The van der Waals surface area contributed by atoms with Crippen molar-refractivity contribution in [1.82, 2.24) is 0 Å². The molecule has 0 aromatic heterocycles. The fraction of sp³-hybridized carbons (Fsp3) is 0.111. The molecule has 0 aliphatic heterocycles. The quantitative estimate of drug-likeness (QED) is 0.513. The summed E-state index contributed by atoms with van der Waals surface area (Å²) < 4.78 is 13.6. The molecule has 3 nitrogen and oxygen atoms in total. The molecule has 0 aliphatic rings. The van der Waals surface area contributed by atoms with Gasteiger partial charge in [0.15, 0.2) is 12.1 Å². The van der Waals surface area contributed by atoms with E-state index < -0.39 is 11.6 Å². The van der Waals surface area contributed by atoms with Crippen LogP contribution in [0.3, 0.4) is 0 Å². The first kappa shape index (κ1) is 10.8. The summed E-state index contributed by atoms with van der Waals surface area (Å²) in [6, 6.07) is 2.77. The predicted octanol–water partition coefficient (Wildman–Crippen LogP) is 2.01. The minimum Gasteiger partial charge on any atom is -0.385 e. The summed E-state index contributed by atoms with van der Waals surface area (Å²) >= 11 is 2.98. The van der Waals surface area contributed by atoms with E-state index in [1.54, 1.807) is 0 Å². The maximum atomic E-state index is 13.4. The summed E-state index contributed by atoms with van der Waals surface area (Å²) in [7, 11) is 1.48. The highest BCUT2D eigenvalue weighted by molar-refractivity contribution is 9.10. The van der Waals surface area contributed by atoms with Crippen LogP contribution in [0.25, 0.3) is 0 Å². The topological polar surface area (TPSA) is 46.2 Å². The highest BCUT2D eigenvalue weighted by Crippen LogP contribution is 2.26. The van der Waals surface area contributed by atoms with Gasteiger partial charge in [-0.15, -0.1) is 0 Å². The summed E-state index contributed by atoms with van der Waals surface area (Å²) in [6.07, 6.45) is 0.156. The summed E-state index contributed by atoms with van der Waals surface area (Å²) in [5.41, 5.74) is 0.0553.